The van der Waals surface area contributed by atoms with Crippen LogP contribution in [0.1, 0.15) is 26.6 Å². The van der Waals surface area contributed by atoms with E-state index in [1.807, 2.05) is 43.3 Å². The van der Waals surface area contributed by atoms with Crippen LogP contribution in [0.3, 0.4) is 0 Å². The lowest BCUT2D eigenvalue weighted by Crippen LogP contribution is -2.24. The van der Waals surface area contributed by atoms with Crippen molar-refractivity contribution in [2.45, 2.75) is 6.54 Å². The van der Waals surface area contributed by atoms with Gasteiger partial charge in [-0.25, -0.2) is 0 Å². The summed E-state index contributed by atoms with van der Waals surface area (Å²) in [5.41, 5.74) is 2.22. The van der Waals surface area contributed by atoms with Gasteiger partial charge in [0.05, 0.1) is 12.8 Å². The van der Waals surface area contributed by atoms with Gasteiger partial charge < -0.3 is 20.0 Å². The molecule has 7 heteroatoms. The zero-order chi connectivity index (χ0) is 19.2. The Morgan fingerprint density at radius 2 is 1.85 bits per heavy atom. The number of carbonyl (C=O) groups is 2. The molecule has 0 aliphatic carbocycles. The van der Waals surface area contributed by atoms with Gasteiger partial charge in [0.15, 0.2) is 0 Å². The Morgan fingerprint density at radius 3 is 2.52 bits per heavy atom. The first-order valence-electron chi connectivity index (χ1n) is 8.38. The minimum absolute atomic E-state index is 0.164. The molecule has 0 aliphatic heterocycles. The van der Waals surface area contributed by atoms with Crippen LogP contribution in [0.25, 0.3) is 0 Å². The SMILES string of the molecule is CN(C)c1ccc(NC(=O)c2ccnc(C(=O)NCc3ccco3)c2)cc1. The van der Waals surface area contributed by atoms with Gasteiger partial charge in [-0.2, -0.15) is 0 Å². The third kappa shape index (κ3) is 4.72. The van der Waals surface area contributed by atoms with Crippen molar-refractivity contribution < 1.29 is 14.0 Å². The molecule has 2 amide bonds. The number of hydrogen-bond donors (Lipinski definition) is 2. The number of nitrogens with one attached hydrogen (secondary N) is 2. The molecule has 0 atom stereocenters. The van der Waals surface area contributed by atoms with Crippen molar-refractivity contribution in [1.82, 2.24) is 10.3 Å². The normalized spacial score (nSPS) is 10.3. The lowest BCUT2D eigenvalue weighted by atomic mass is 10.2. The third-order valence-electron chi connectivity index (χ3n) is 3.90. The molecule has 0 fully saturated rings. The molecule has 0 radical (unpaired) electrons. The van der Waals surface area contributed by atoms with Gasteiger partial charge in [-0.1, -0.05) is 0 Å². The van der Waals surface area contributed by atoms with E-state index in [2.05, 4.69) is 15.6 Å². The Kier molecular flexibility index (Phi) is 5.51. The summed E-state index contributed by atoms with van der Waals surface area (Å²) >= 11 is 0. The lowest BCUT2D eigenvalue weighted by molar-refractivity contribution is 0.0943. The van der Waals surface area contributed by atoms with E-state index in [1.54, 1.807) is 18.2 Å². The van der Waals surface area contributed by atoms with Crippen molar-refractivity contribution in [2.24, 2.45) is 0 Å². The summed E-state index contributed by atoms with van der Waals surface area (Å²) in [5.74, 6) is -0.0510. The molecule has 3 rings (SSSR count). The fourth-order valence-corrected chi connectivity index (χ4v) is 2.41. The van der Waals surface area contributed by atoms with Gasteiger partial charge >= 0.3 is 0 Å². The molecule has 2 heterocycles. The number of carbonyl (C=O) groups excluding carboxylic acids is 2. The molecular weight excluding hydrogens is 344 g/mol. The molecule has 3 aromatic rings. The molecule has 0 saturated carbocycles. The highest BCUT2D eigenvalue weighted by molar-refractivity contribution is 6.05. The maximum Gasteiger partial charge on any atom is 0.270 e. The van der Waals surface area contributed by atoms with Crippen LogP contribution in [0.4, 0.5) is 11.4 Å². The van der Waals surface area contributed by atoms with Gasteiger partial charge in [0.25, 0.3) is 11.8 Å². The average Bonchev–Trinajstić information content (AvgIpc) is 3.20. The van der Waals surface area contributed by atoms with Crippen molar-refractivity contribution in [2.75, 3.05) is 24.3 Å². The number of furan rings is 1. The monoisotopic (exact) mass is 364 g/mol. The summed E-state index contributed by atoms with van der Waals surface area (Å²) in [4.78, 5) is 30.7. The maximum atomic E-state index is 12.5. The predicted molar refractivity (Wildman–Crippen MR) is 103 cm³/mol. The second-order valence-electron chi connectivity index (χ2n) is 6.09. The van der Waals surface area contributed by atoms with E-state index in [0.29, 0.717) is 17.0 Å². The van der Waals surface area contributed by atoms with E-state index in [1.165, 1.54) is 18.5 Å². The Balaban J connectivity index is 1.65. The second-order valence-corrected chi connectivity index (χ2v) is 6.09. The highest BCUT2D eigenvalue weighted by Gasteiger charge is 2.12. The first kappa shape index (κ1) is 18.2. The number of amides is 2. The van der Waals surface area contributed by atoms with Crippen LogP contribution < -0.4 is 15.5 Å². The molecule has 1 aromatic carbocycles. The van der Waals surface area contributed by atoms with E-state index in [-0.39, 0.29) is 24.1 Å². The minimum atomic E-state index is -0.378. The molecule has 7 nitrogen and oxygen atoms in total. The van der Waals surface area contributed by atoms with Crippen LogP contribution in [0.5, 0.6) is 0 Å². The highest BCUT2D eigenvalue weighted by atomic mass is 16.3. The highest BCUT2D eigenvalue weighted by Crippen LogP contribution is 2.16. The molecule has 0 aliphatic rings. The van der Waals surface area contributed by atoms with Crippen LogP contribution in [0.2, 0.25) is 0 Å². The maximum absolute atomic E-state index is 12.5. The van der Waals surface area contributed by atoms with E-state index in [0.717, 1.165) is 5.69 Å². The Morgan fingerprint density at radius 1 is 1.07 bits per heavy atom. The molecule has 0 spiro atoms. The number of rotatable bonds is 6. The molecule has 138 valence electrons. The summed E-state index contributed by atoms with van der Waals surface area (Å²) in [6.45, 7) is 0.252. The molecule has 0 bridgehead atoms. The van der Waals surface area contributed by atoms with Crippen molar-refractivity contribution in [3.8, 4) is 0 Å². The van der Waals surface area contributed by atoms with E-state index in [4.69, 9.17) is 4.42 Å². The van der Waals surface area contributed by atoms with Gasteiger partial charge in [0.2, 0.25) is 0 Å². The van der Waals surface area contributed by atoms with Crippen LogP contribution in [-0.4, -0.2) is 30.9 Å². The third-order valence-corrected chi connectivity index (χ3v) is 3.90. The van der Waals surface area contributed by atoms with Crippen molar-refractivity contribution in [3.63, 3.8) is 0 Å². The fourth-order valence-electron chi connectivity index (χ4n) is 2.41. The van der Waals surface area contributed by atoms with E-state index < -0.39 is 0 Å². The molecule has 27 heavy (non-hydrogen) atoms. The van der Waals surface area contributed by atoms with E-state index in [9.17, 15) is 9.59 Å². The van der Waals surface area contributed by atoms with Gasteiger partial charge in [0, 0.05) is 37.2 Å². The molecule has 2 aromatic heterocycles. The van der Waals surface area contributed by atoms with Gasteiger partial charge in [-0.3, -0.25) is 14.6 Å². The fraction of sp³-hybridized carbons (Fsp3) is 0.150. The van der Waals surface area contributed by atoms with Crippen molar-refractivity contribution in [3.05, 3.63) is 78.0 Å². The summed E-state index contributed by atoms with van der Waals surface area (Å²) in [6, 6.07) is 14.0. The molecule has 0 saturated heterocycles. The quantitative estimate of drug-likeness (QED) is 0.702. The molecule has 0 unspecified atom stereocenters. The summed E-state index contributed by atoms with van der Waals surface area (Å²) in [7, 11) is 3.89. The largest absolute Gasteiger partial charge is 0.467 e. The number of benzene rings is 1. The Bertz CT molecular complexity index is 919. The standard InChI is InChI=1S/C20H20N4O3/c1-24(2)16-7-5-15(6-8-16)23-19(25)14-9-10-21-18(12-14)20(26)22-13-17-4-3-11-27-17/h3-12H,13H2,1-2H3,(H,22,26)(H,23,25). The Hall–Kier alpha value is -3.61. The van der Waals surface area contributed by atoms with Crippen molar-refractivity contribution >= 4 is 23.2 Å². The topological polar surface area (TPSA) is 87.5 Å². The number of pyridine rings is 1. The van der Waals surface area contributed by atoms with Crippen LogP contribution in [0, 0.1) is 0 Å². The van der Waals surface area contributed by atoms with E-state index >= 15 is 0 Å². The number of aromatic nitrogens is 1. The van der Waals surface area contributed by atoms with Crippen LogP contribution >= 0.6 is 0 Å². The molecule has 2 N–H and O–H groups in total. The van der Waals surface area contributed by atoms with Crippen LogP contribution in [0.15, 0.2) is 65.4 Å². The summed E-state index contributed by atoms with van der Waals surface area (Å²) < 4.78 is 5.17. The van der Waals surface area contributed by atoms with Crippen molar-refractivity contribution in [1.29, 1.82) is 0 Å². The smallest absolute Gasteiger partial charge is 0.270 e. The first-order valence-corrected chi connectivity index (χ1v) is 8.38. The first-order chi connectivity index (χ1) is 13.0. The van der Waals surface area contributed by atoms with Gasteiger partial charge in [-0.05, 0) is 48.5 Å². The lowest BCUT2D eigenvalue weighted by Gasteiger charge is -2.13. The van der Waals surface area contributed by atoms with Gasteiger partial charge in [-0.15, -0.1) is 0 Å². The second kappa shape index (κ2) is 8.18. The zero-order valence-electron chi connectivity index (χ0n) is 15.1. The summed E-state index contributed by atoms with van der Waals surface area (Å²) in [5, 5.41) is 5.52. The minimum Gasteiger partial charge on any atom is -0.467 e. The van der Waals surface area contributed by atoms with Crippen LogP contribution in [-0.2, 0) is 6.54 Å². The number of anilines is 2. The summed E-state index contributed by atoms with van der Waals surface area (Å²) in [6.07, 6.45) is 2.97. The number of hydrogen-bond acceptors (Lipinski definition) is 5. The molecular formula is C20H20N4O3. The average molecular weight is 364 g/mol. The number of nitrogens with zero attached hydrogens (tertiary/aromatic N) is 2. The Labute approximate surface area is 157 Å². The van der Waals surface area contributed by atoms with Gasteiger partial charge in [0.1, 0.15) is 11.5 Å². The zero-order valence-corrected chi connectivity index (χ0v) is 15.1. The predicted octanol–water partition coefficient (Wildman–Crippen LogP) is 2.92.